The van der Waals surface area contributed by atoms with Gasteiger partial charge in [-0.25, -0.2) is 13.6 Å². The molecule has 2 aromatic rings. The van der Waals surface area contributed by atoms with Gasteiger partial charge in [-0.15, -0.1) is 0 Å². The van der Waals surface area contributed by atoms with Crippen LogP contribution in [-0.4, -0.2) is 25.0 Å². The average Bonchev–Trinajstić information content (AvgIpc) is 2.63. The molecule has 1 N–H and O–H groups in total. The topological polar surface area (TPSA) is 79.2 Å². The van der Waals surface area contributed by atoms with Gasteiger partial charge in [0.05, 0.1) is 18.7 Å². The molecule has 0 saturated carbocycles. The Bertz CT molecular complexity index is 829. The van der Waals surface area contributed by atoms with Crippen molar-refractivity contribution < 1.29 is 23.1 Å². The molecule has 0 spiro atoms. The molecule has 0 bridgehead atoms. The van der Waals surface area contributed by atoms with Crippen LogP contribution in [-0.2, 0) is 16.0 Å². The van der Waals surface area contributed by atoms with Crippen LogP contribution in [0, 0.1) is 23.0 Å². The molecule has 0 unspecified atom stereocenters. The summed E-state index contributed by atoms with van der Waals surface area (Å²) in [5, 5.41) is 11.2. The second-order valence-electron chi connectivity index (χ2n) is 5.19. The van der Waals surface area contributed by atoms with E-state index in [1.54, 1.807) is 24.3 Å². The molecule has 0 aliphatic rings. The van der Waals surface area contributed by atoms with E-state index in [2.05, 4.69) is 10.1 Å². The molecule has 0 saturated heterocycles. The summed E-state index contributed by atoms with van der Waals surface area (Å²) in [6.07, 6.45) is 0.119. The number of esters is 1. The van der Waals surface area contributed by atoms with Gasteiger partial charge in [-0.2, -0.15) is 5.26 Å². The van der Waals surface area contributed by atoms with Gasteiger partial charge < -0.3 is 10.1 Å². The number of nitriles is 1. The molecular weight excluding hydrogens is 330 g/mol. The van der Waals surface area contributed by atoms with Crippen LogP contribution in [0.2, 0.25) is 0 Å². The van der Waals surface area contributed by atoms with Crippen molar-refractivity contribution in [3.8, 4) is 6.07 Å². The van der Waals surface area contributed by atoms with Gasteiger partial charge in [0.15, 0.2) is 11.6 Å². The molecule has 1 amide bonds. The number of amides is 1. The van der Waals surface area contributed by atoms with Crippen LogP contribution < -0.4 is 5.32 Å². The Morgan fingerprint density at radius 2 is 1.84 bits per heavy atom. The van der Waals surface area contributed by atoms with E-state index in [0.29, 0.717) is 11.1 Å². The van der Waals surface area contributed by atoms with Gasteiger partial charge in [0.2, 0.25) is 0 Å². The Kier molecular flexibility index (Phi) is 5.79. The van der Waals surface area contributed by atoms with E-state index in [4.69, 9.17) is 5.26 Å². The van der Waals surface area contributed by atoms with Gasteiger partial charge in [-0.05, 0) is 35.9 Å². The minimum atomic E-state index is -1.16. The van der Waals surface area contributed by atoms with Gasteiger partial charge in [0.25, 0.3) is 5.91 Å². The van der Waals surface area contributed by atoms with Crippen LogP contribution in [0.15, 0.2) is 42.5 Å². The van der Waals surface area contributed by atoms with Crippen molar-refractivity contribution in [3.05, 3.63) is 70.8 Å². The van der Waals surface area contributed by atoms with Gasteiger partial charge in [0, 0.05) is 12.0 Å². The quantitative estimate of drug-likeness (QED) is 0.845. The van der Waals surface area contributed by atoms with E-state index in [0.717, 1.165) is 18.2 Å². The summed E-state index contributed by atoms with van der Waals surface area (Å²) in [6, 6.07) is 10.1. The highest BCUT2D eigenvalue weighted by molar-refractivity contribution is 5.96. The molecule has 1 atom stereocenters. The molecule has 0 aliphatic carbocycles. The largest absolute Gasteiger partial charge is 0.467 e. The first kappa shape index (κ1) is 18.1. The predicted octanol–water partition coefficient (Wildman–Crippen LogP) is 2.35. The minimum absolute atomic E-state index is 0.118. The Morgan fingerprint density at radius 1 is 1.16 bits per heavy atom. The summed E-state index contributed by atoms with van der Waals surface area (Å²) in [7, 11) is 1.18. The average molecular weight is 344 g/mol. The maximum atomic E-state index is 13.2. The maximum Gasteiger partial charge on any atom is 0.328 e. The van der Waals surface area contributed by atoms with E-state index in [-0.39, 0.29) is 12.0 Å². The third-order valence-corrected chi connectivity index (χ3v) is 3.50. The van der Waals surface area contributed by atoms with E-state index in [1.165, 1.54) is 7.11 Å². The summed E-state index contributed by atoms with van der Waals surface area (Å²) < 4.78 is 30.9. The van der Waals surface area contributed by atoms with Crippen LogP contribution in [0.1, 0.15) is 21.5 Å². The number of ether oxygens (including phenoxy) is 1. The molecule has 0 aliphatic heterocycles. The van der Waals surface area contributed by atoms with Crippen molar-refractivity contribution in [1.29, 1.82) is 5.26 Å². The summed E-state index contributed by atoms with van der Waals surface area (Å²) >= 11 is 0. The lowest BCUT2D eigenvalue weighted by Gasteiger charge is -2.17. The first-order valence-electron chi connectivity index (χ1n) is 7.27. The van der Waals surface area contributed by atoms with E-state index in [9.17, 15) is 18.4 Å². The number of hydrogen-bond donors (Lipinski definition) is 1. The number of halogens is 2. The molecule has 0 heterocycles. The summed E-state index contributed by atoms with van der Waals surface area (Å²) in [5.74, 6) is -3.64. The van der Waals surface area contributed by atoms with Crippen LogP contribution in [0.4, 0.5) is 8.78 Å². The van der Waals surface area contributed by atoms with Gasteiger partial charge >= 0.3 is 5.97 Å². The molecule has 2 rings (SSSR count). The number of benzene rings is 2. The number of rotatable bonds is 5. The first-order chi connectivity index (χ1) is 11.9. The first-order valence-corrected chi connectivity index (χ1v) is 7.27. The summed E-state index contributed by atoms with van der Waals surface area (Å²) in [5.41, 5.74) is 1.04. The maximum absolute atomic E-state index is 13.2. The molecule has 5 nitrogen and oxygen atoms in total. The molecular formula is C18H14F2N2O3. The lowest BCUT2D eigenvalue weighted by Crippen LogP contribution is -2.43. The van der Waals surface area contributed by atoms with Crippen molar-refractivity contribution >= 4 is 11.9 Å². The highest BCUT2D eigenvalue weighted by atomic mass is 19.2. The van der Waals surface area contributed by atoms with Crippen molar-refractivity contribution in [1.82, 2.24) is 5.32 Å². The van der Waals surface area contributed by atoms with Gasteiger partial charge in [-0.1, -0.05) is 12.1 Å². The Hall–Kier alpha value is -3.27. The lowest BCUT2D eigenvalue weighted by molar-refractivity contribution is -0.142. The second kappa shape index (κ2) is 8.02. The van der Waals surface area contributed by atoms with E-state index < -0.39 is 29.6 Å². The van der Waals surface area contributed by atoms with Crippen molar-refractivity contribution in [2.75, 3.05) is 7.11 Å². The molecule has 0 fully saturated rings. The summed E-state index contributed by atoms with van der Waals surface area (Å²) in [6.45, 7) is 0. The molecule has 0 radical (unpaired) electrons. The fraction of sp³-hybridized carbons (Fsp3) is 0.167. The normalized spacial score (nSPS) is 11.3. The number of hydrogen-bond acceptors (Lipinski definition) is 4. The number of carbonyl (C=O) groups is 2. The summed E-state index contributed by atoms with van der Waals surface area (Å²) in [4.78, 5) is 24.1. The van der Waals surface area contributed by atoms with Crippen LogP contribution in [0.5, 0.6) is 0 Å². The fourth-order valence-electron chi connectivity index (χ4n) is 2.17. The monoisotopic (exact) mass is 344 g/mol. The molecule has 0 aromatic heterocycles. The Labute approximate surface area is 142 Å². The number of nitrogens with one attached hydrogen (secondary N) is 1. The molecule has 2 aromatic carbocycles. The van der Waals surface area contributed by atoms with Crippen molar-refractivity contribution in [2.24, 2.45) is 0 Å². The Balaban J connectivity index is 2.16. The molecule has 7 heteroatoms. The number of nitrogens with zero attached hydrogens (tertiary/aromatic N) is 1. The highest BCUT2D eigenvalue weighted by Gasteiger charge is 2.23. The van der Waals surface area contributed by atoms with Gasteiger partial charge in [-0.3, -0.25) is 4.79 Å². The number of carbonyl (C=O) groups excluding carboxylic acids is 2. The third-order valence-electron chi connectivity index (χ3n) is 3.50. The van der Waals surface area contributed by atoms with Crippen molar-refractivity contribution in [2.45, 2.75) is 12.5 Å². The zero-order chi connectivity index (χ0) is 18.4. The highest BCUT2D eigenvalue weighted by Crippen LogP contribution is 2.11. The SMILES string of the molecule is COC(=O)[C@@H](Cc1ccc(C#N)cc1)NC(=O)c1ccc(F)c(F)c1. The molecule has 128 valence electrons. The Morgan fingerprint density at radius 3 is 2.40 bits per heavy atom. The fourth-order valence-corrected chi connectivity index (χ4v) is 2.17. The standard InChI is InChI=1S/C18H14F2N2O3/c1-25-18(24)16(8-11-2-4-12(10-21)5-3-11)22-17(23)13-6-7-14(19)15(20)9-13/h2-7,9,16H,8H2,1H3,(H,22,23)/t16-/m1/s1. The van der Waals surface area contributed by atoms with Crippen LogP contribution in [0.3, 0.4) is 0 Å². The van der Waals surface area contributed by atoms with Crippen molar-refractivity contribution in [3.63, 3.8) is 0 Å². The zero-order valence-corrected chi connectivity index (χ0v) is 13.3. The van der Waals surface area contributed by atoms with E-state index >= 15 is 0 Å². The molecule has 25 heavy (non-hydrogen) atoms. The van der Waals surface area contributed by atoms with Gasteiger partial charge in [0.1, 0.15) is 6.04 Å². The zero-order valence-electron chi connectivity index (χ0n) is 13.3. The smallest absolute Gasteiger partial charge is 0.328 e. The van der Waals surface area contributed by atoms with Crippen LogP contribution >= 0.6 is 0 Å². The third kappa shape index (κ3) is 4.61. The second-order valence-corrected chi connectivity index (χ2v) is 5.19. The minimum Gasteiger partial charge on any atom is -0.467 e. The number of methoxy groups -OCH3 is 1. The van der Waals surface area contributed by atoms with E-state index in [1.807, 2.05) is 6.07 Å². The lowest BCUT2D eigenvalue weighted by atomic mass is 10.0. The predicted molar refractivity (Wildman–Crippen MR) is 84.5 cm³/mol. The van der Waals surface area contributed by atoms with Crippen LogP contribution in [0.25, 0.3) is 0 Å².